The third-order valence-electron chi connectivity index (χ3n) is 1.71. The average Bonchev–Trinajstić information content (AvgIpc) is 2.30. The maximum atomic E-state index is 10.1. The third-order valence-corrected chi connectivity index (χ3v) is 1.71. The van der Waals surface area contributed by atoms with Crippen molar-refractivity contribution in [2.45, 2.75) is 24.4 Å². The quantitative estimate of drug-likeness (QED) is 0.396. The normalized spacial score (nSPS) is 44.3. The molecule has 0 aromatic carbocycles. The number of rotatable bonds is 2. The van der Waals surface area contributed by atoms with E-state index in [1.165, 1.54) is 0 Å². The second kappa shape index (κ2) is 3.27. The maximum Gasteiger partial charge on any atom is 0.151 e. The van der Waals surface area contributed by atoms with Crippen molar-refractivity contribution in [1.29, 1.82) is 0 Å². The highest BCUT2D eigenvalue weighted by Crippen LogP contribution is 2.19. The van der Waals surface area contributed by atoms with E-state index < -0.39 is 31.0 Å². The van der Waals surface area contributed by atoms with E-state index in [9.17, 15) is 4.79 Å². The van der Waals surface area contributed by atoms with Crippen LogP contribution in [0.4, 0.5) is 0 Å². The molecule has 64 valence electrons. The lowest BCUT2D eigenvalue weighted by atomic mass is 10.1. The lowest BCUT2D eigenvalue weighted by Gasteiger charge is -2.10. The van der Waals surface area contributed by atoms with E-state index in [4.69, 9.17) is 20.1 Å². The van der Waals surface area contributed by atoms with Crippen molar-refractivity contribution in [3.63, 3.8) is 0 Å². The molecule has 0 bridgehead atoms. The zero-order chi connectivity index (χ0) is 8.43. The summed E-state index contributed by atoms with van der Waals surface area (Å²) in [5.41, 5.74) is 0. The van der Waals surface area contributed by atoms with Gasteiger partial charge in [-0.2, -0.15) is 0 Å². The molecule has 1 heterocycles. The van der Waals surface area contributed by atoms with Crippen molar-refractivity contribution in [1.82, 2.24) is 0 Å². The number of hydrogen-bond donors (Lipinski definition) is 3. The van der Waals surface area contributed by atoms with E-state index >= 15 is 0 Å². The first-order valence-corrected chi connectivity index (χ1v) is 3.28. The van der Waals surface area contributed by atoms with Gasteiger partial charge < -0.3 is 24.9 Å². The molecule has 0 amide bonds. The van der Waals surface area contributed by atoms with Gasteiger partial charge in [0.05, 0.1) is 6.61 Å². The summed E-state index contributed by atoms with van der Waals surface area (Å²) in [6.45, 7) is -0.400. The number of carbonyl (C=O) groups is 1. The van der Waals surface area contributed by atoms with E-state index in [0.29, 0.717) is 6.29 Å². The monoisotopic (exact) mass is 162 g/mol. The Morgan fingerprint density at radius 1 is 1.36 bits per heavy atom. The third kappa shape index (κ3) is 1.41. The Morgan fingerprint density at radius 3 is 2.27 bits per heavy atom. The van der Waals surface area contributed by atoms with Crippen LogP contribution >= 0.6 is 0 Å². The first-order chi connectivity index (χ1) is 5.20. The molecule has 5 heteroatoms. The number of aliphatic hydroxyl groups excluding tert-OH is 3. The summed E-state index contributed by atoms with van der Waals surface area (Å²) in [4.78, 5) is 10.1. The van der Waals surface area contributed by atoms with E-state index in [1.807, 2.05) is 0 Å². The zero-order valence-electron chi connectivity index (χ0n) is 5.75. The topological polar surface area (TPSA) is 87.0 Å². The molecule has 1 aliphatic rings. The molecule has 4 atom stereocenters. The van der Waals surface area contributed by atoms with E-state index in [-0.39, 0.29) is 0 Å². The Morgan fingerprint density at radius 2 is 2.00 bits per heavy atom. The minimum Gasteiger partial charge on any atom is -0.394 e. The van der Waals surface area contributed by atoms with Crippen LogP contribution in [0.25, 0.3) is 0 Å². The van der Waals surface area contributed by atoms with Crippen molar-refractivity contribution < 1.29 is 24.9 Å². The summed E-state index contributed by atoms with van der Waals surface area (Å²) in [7, 11) is 0. The highest BCUT2D eigenvalue weighted by molar-refractivity contribution is 5.58. The predicted molar refractivity (Wildman–Crippen MR) is 33.8 cm³/mol. The van der Waals surface area contributed by atoms with Crippen molar-refractivity contribution in [3.8, 4) is 0 Å². The van der Waals surface area contributed by atoms with Gasteiger partial charge in [-0.25, -0.2) is 0 Å². The van der Waals surface area contributed by atoms with E-state index in [0.717, 1.165) is 0 Å². The number of aldehydes is 1. The van der Waals surface area contributed by atoms with Gasteiger partial charge in [-0.3, -0.25) is 0 Å². The summed E-state index contributed by atoms with van der Waals surface area (Å²) in [5, 5.41) is 26.7. The van der Waals surface area contributed by atoms with Crippen molar-refractivity contribution >= 4 is 6.29 Å². The Labute approximate surface area is 63.2 Å². The van der Waals surface area contributed by atoms with E-state index in [1.54, 1.807) is 0 Å². The standard InChI is InChI=1S/C6H10O5/c7-1-3-5(9)6(10)4(2-8)11-3/h1,3-6,8-10H,2H2/t3-,4+,5+,6+/m0/s1. The number of ether oxygens (including phenoxy) is 1. The average molecular weight is 162 g/mol. The van der Waals surface area contributed by atoms with E-state index in [2.05, 4.69) is 0 Å². The molecular weight excluding hydrogens is 152 g/mol. The molecule has 3 N–H and O–H groups in total. The van der Waals surface area contributed by atoms with Gasteiger partial charge in [0.15, 0.2) is 6.29 Å². The van der Waals surface area contributed by atoms with Crippen LogP contribution in [0.2, 0.25) is 0 Å². The molecular formula is C6H10O5. The summed E-state index contributed by atoms with van der Waals surface area (Å²) in [6.07, 6.45) is -3.84. The molecule has 1 aliphatic heterocycles. The number of carbonyl (C=O) groups excluding carboxylic acids is 1. The molecule has 5 nitrogen and oxygen atoms in total. The van der Waals surface area contributed by atoms with Crippen molar-refractivity contribution in [2.24, 2.45) is 0 Å². The van der Waals surface area contributed by atoms with Gasteiger partial charge in [-0.05, 0) is 0 Å². The van der Waals surface area contributed by atoms with Crippen LogP contribution in [0.15, 0.2) is 0 Å². The van der Waals surface area contributed by atoms with Gasteiger partial charge in [-0.15, -0.1) is 0 Å². The minimum absolute atomic E-state index is 0.400. The second-order valence-corrected chi connectivity index (χ2v) is 2.44. The largest absolute Gasteiger partial charge is 0.394 e. The van der Waals surface area contributed by atoms with Crippen LogP contribution in [0.1, 0.15) is 0 Å². The molecule has 0 aliphatic carbocycles. The van der Waals surface area contributed by atoms with Gasteiger partial charge in [0.2, 0.25) is 0 Å². The molecule has 0 aromatic rings. The summed E-state index contributed by atoms with van der Waals surface area (Å²) < 4.78 is 4.77. The Balaban J connectivity index is 2.60. The van der Waals surface area contributed by atoms with Gasteiger partial charge in [0.1, 0.15) is 24.4 Å². The Hall–Kier alpha value is -0.490. The molecule has 1 saturated heterocycles. The summed E-state index contributed by atoms with van der Waals surface area (Å²) in [6, 6.07) is 0. The van der Waals surface area contributed by atoms with Crippen LogP contribution in [-0.2, 0) is 9.53 Å². The molecule has 0 spiro atoms. The first kappa shape index (κ1) is 8.61. The van der Waals surface area contributed by atoms with Crippen LogP contribution < -0.4 is 0 Å². The first-order valence-electron chi connectivity index (χ1n) is 3.28. The SMILES string of the molecule is O=C[C@@H]1O[C@H](CO)[C@@H](O)[C@@H]1O. The fourth-order valence-electron chi connectivity index (χ4n) is 1.04. The molecule has 0 radical (unpaired) electrons. The smallest absolute Gasteiger partial charge is 0.151 e. The predicted octanol–water partition coefficient (Wildman–Crippen LogP) is -2.33. The van der Waals surface area contributed by atoms with Crippen molar-refractivity contribution in [2.75, 3.05) is 6.61 Å². The van der Waals surface area contributed by atoms with Gasteiger partial charge in [0, 0.05) is 0 Å². The van der Waals surface area contributed by atoms with Crippen LogP contribution in [0.5, 0.6) is 0 Å². The van der Waals surface area contributed by atoms with Gasteiger partial charge in [-0.1, -0.05) is 0 Å². The van der Waals surface area contributed by atoms with Gasteiger partial charge in [0.25, 0.3) is 0 Å². The fraction of sp³-hybridized carbons (Fsp3) is 0.833. The zero-order valence-corrected chi connectivity index (χ0v) is 5.75. The fourth-order valence-corrected chi connectivity index (χ4v) is 1.04. The van der Waals surface area contributed by atoms with Crippen LogP contribution in [0, 0.1) is 0 Å². The Bertz CT molecular complexity index is 148. The molecule has 11 heavy (non-hydrogen) atoms. The number of aliphatic hydroxyl groups is 3. The van der Waals surface area contributed by atoms with Crippen LogP contribution in [-0.4, -0.2) is 52.6 Å². The highest BCUT2D eigenvalue weighted by atomic mass is 16.6. The lowest BCUT2D eigenvalue weighted by Crippen LogP contribution is -2.34. The highest BCUT2D eigenvalue weighted by Gasteiger charge is 2.41. The Kier molecular flexibility index (Phi) is 2.56. The minimum atomic E-state index is -1.22. The second-order valence-electron chi connectivity index (χ2n) is 2.44. The molecule has 1 rings (SSSR count). The summed E-state index contributed by atoms with van der Waals surface area (Å²) >= 11 is 0. The van der Waals surface area contributed by atoms with Crippen LogP contribution in [0.3, 0.4) is 0 Å². The molecule has 0 unspecified atom stereocenters. The molecule has 1 fully saturated rings. The maximum absolute atomic E-state index is 10.1. The summed E-state index contributed by atoms with van der Waals surface area (Å²) in [5.74, 6) is 0. The van der Waals surface area contributed by atoms with Gasteiger partial charge >= 0.3 is 0 Å². The van der Waals surface area contributed by atoms with Crippen molar-refractivity contribution in [3.05, 3.63) is 0 Å². The molecule has 0 aromatic heterocycles. The number of hydrogen-bond acceptors (Lipinski definition) is 5. The molecule has 0 saturated carbocycles. The lowest BCUT2D eigenvalue weighted by molar-refractivity contribution is -0.121.